The van der Waals surface area contributed by atoms with Crippen LogP contribution in [0.4, 0.5) is 0 Å². The summed E-state index contributed by atoms with van der Waals surface area (Å²) in [6, 6.07) is 4.18. The molecule has 0 bridgehead atoms. The van der Waals surface area contributed by atoms with E-state index in [-0.39, 0.29) is 48.2 Å². The van der Waals surface area contributed by atoms with Crippen LogP contribution < -0.4 is 14.2 Å². The van der Waals surface area contributed by atoms with E-state index in [0.29, 0.717) is 19.3 Å². The number of ether oxygens (including phenoxy) is 3. The van der Waals surface area contributed by atoms with Gasteiger partial charge in [-0.2, -0.15) is 0 Å². The molecule has 0 fully saturated rings. The Morgan fingerprint density at radius 1 is 0.390 bits per heavy atom. The first-order valence-corrected chi connectivity index (χ1v) is 30.6. The molecule has 0 radical (unpaired) electrons. The lowest BCUT2D eigenvalue weighted by Gasteiger charge is -2.16. The summed E-state index contributed by atoms with van der Waals surface area (Å²) in [4.78, 5) is 94.6. The Morgan fingerprint density at radius 3 is 1.06 bits per heavy atom. The number of pyridine rings is 3. The molecule has 0 saturated carbocycles. The van der Waals surface area contributed by atoms with E-state index in [1.807, 2.05) is 0 Å². The molecule has 3 aromatic heterocycles. The number of aromatic nitrogens is 3. The summed E-state index contributed by atoms with van der Waals surface area (Å²) in [7, 11) is -6.21. The molecule has 77 heavy (non-hydrogen) atoms. The summed E-state index contributed by atoms with van der Waals surface area (Å²) in [6.45, 7) is 7.25. The van der Waals surface area contributed by atoms with Crippen LogP contribution in [0.25, 0.3) is 0 Å². The molecule has 5 rings (SSSR count). The molecule has 2 aliphatic rings. The van der Waals surface area contributed by atoms with Crippen LogP contribution in [0.1, 0.15) is 276 Å². The number of nitrogens with zero attached hydrogens (tertiary/aromatic N) is 3. The molecule has 0 N–H and O–H groups in total. The zero-order valence-corrected chi connectivity index (χ0v) is 47.4. The van der Waals surface area contributed by atoms with Crippen molar-refractivity contribution in [2.24, 2.45) is 0 Å². The minimum atomic E-state index is -3.11. The first kappa shape index (κ1) is 62.4. The molecule has 2 atom stereocenters. The van der Waals surface area contributed by atoms with Crippen LogP contribution >= 0.6 is 17.2 Å². The Kier molecular flexibility index (Phi) is 29.6. The van der Waals surface area contributed by atoms with Crippen molar-refractivity contribution < 1.29 is 70.1 Å². The fourth-order valence-electron chi connectivity index (χ4n) is 8.85. The SMILES string of the molecule is CCCCCCCCCCCCOc1ccnc2c1C(=O)OP(OC(=O)c1nccc(OCCCCCCCCCCCC)c1C(=O)OP1OC(=O)c3nccc(OCCCCCCCCCCCC)c3C(=O)O1)OC2=O. The van der Waals surface area contributed by atoms with Gasteiger partial charge in [-0.1, -0.05) is 194 Å². The Labute approximate surface area is 457 Å². The molecule has 424 valence electrons. The summed E-state index contributed by atoms with van der Waals surface area (Å²) in [5.74, 6) is -7.26. The Balaban J connectivity index is 1.23. The van der Waals surface area contributed by atoms with E-state index in [1.54, 1.807) is 0 Å². The van der Waals surface area contributed by atoms with E-state index in [9.17, 15) is 28.8 Å². The molecular formula is C57H81N3O15P2. The van der Waals surface area contributed by atoms with E-state index < -0.39 is 75.7 Å². The van der Waals surface area contributed by atoms with E-state index in [2.05, 4.69) is 35.7 Å². The average Bonchev–Trinajstić information content (AvgIpc) is 3.67. The van der Waals surface area contributed by atoms with Crippen molar-refractivity contribution in [2.75, 3.05) is 19.8 Å². The first-order valence-electron chi connectivity index (χ1n) is 28.5. The highest BCUT2D eigenvalue weighted by atomic mass is 31.2. The van der Waals surface area contributed by atoms with Gasteiger partial charge < -0.3 is 41.4 Å². The molecule has 5 heterocycles. The molecule has 2 aliphatic heterocycles. The minimum absolute atomic E-state index is 0.0452. The zero-order chi connectivity index (χ0) is 54.9. The number of hydrogen-bond acceptors (Lipinski definition) is 18. The third kappa shape index (κ3) is 21.7. The number of fused-ring (bicyclic) bond motifs is 2. The second kappa shape index (κ2) is 36.6. The smallest absolute Gasteiger partial charge is 0.493 e. The molecule has 0 spiro atoms. The van der Waals surface area contributed by atoms with Gasteiger partial charge >= 0.3 is 53.0 Å². The van der Waals surface area contributed by atoms with E-state index >= 15 is 0 Å². The molecule has 20 heteroatoms. The number of unbranched alkanes of at least 4 members (excludes halogenated alkanes) is 27. The highest BCUT2D eigenvalue weighted by Crippen LogP contribution is 2.48. The van der Waals surface area contributed by atoms with Gasteiger partial charge in [0, 0.05) is 18.6 Å². The lowest BCUT2D eigenvalue weighted by atomic mass is 10.1. The minimum Gasteiger partial charge on any atom is -0.493 e. The van der Waals surface area contributed by atoms with Gasteiger partial charge in [0.2, 0.25) is 0 Å². The second-order valence-corrected chi connectivity index (χ2v) is 21.4. The van der Waals surface area contributed by atoms with Crippen molar-refractivity contribution in [1.29, 1.82) is 0 Å². The normalized spacial score (nSPS) is 14.9. The Bertz CT molecular complexity index is 2320. The molecule has 0 amide bonds. The topological polar surface area (TPSA) is 224 Å². The Morgan fingerprint density at radius 2 is 0.688 bits per heavy atom. The zero-order valence-electron chi connectivity index (χ0n) is 45.7. The highest BCUT2D eigenvalue weighted by molar-refractivity contribution is 7.44. The number of hydrogen-bond donors (Lipinski definition) is 0. The van der Waals surface area contributed by atoms with Crippen LogP contribution in [0.15, 0.2) is 36.8 Å². The molecule has 2 unspecified atom stereocenters. The maximum absolute atomic E-state index is 14.3. The standard InChI is InChI=1S/C57H81N3O15P2/c1-4-7-10-13-16-19-22-25-28-31-40-67-43-34-37-58-49-46(43)52(61)70-76(73-55(49)64)71-53(62)47-44(68-41-32-29-26-23-20-17-14-11-8-5-2)35-38-59-50(47)56(65)74-77-72-54(63)48-45(36-39-60-51(48)57(66)75-77)69-42-33-30-27-24-21-18-15-12-9-6-3/h34-39H,4-33,40-42H2,1-3H3. The van der Waals surface area contributed by atoms with Gasteiger partial charge in [0.25, 0.3) is 0 Å². The monoisotopic (exact) mass is 1110 g/mol. The van der Waals surface area contributed by atoms with Crippen molar-refractivity contribution in [2.45, 2.75) is 213 Å². The van der Waals surface area contributed by atoms with Gasteiger partial charge in [-0.25, -0.2) is 43.7 Å². The first-order chi connectivity index (χ1) is 37.7. The van der Waals surface area contributed by atoms with Crippen molar-refractivity contribution in [3.05, 3.63) is 70.6 Å². The lowest BCUT2D eigenvalue weighted by molar-refractivity contribution is 0.0518. The summed E-state index contributed by atoms with van der Waals surface area (Å²) in [5.41, 5.74) is -2.70. The third-order valence-corrected chi connectivity index (χ3v) is 15.0. The van der Waals surface area contributed by atoms with Gasteiger partial charge in [0.1, 0.15) is 33.9 Å². The largest absolute Gasteiger partial charge is 0.537 e. The fourth-order valence-corrected chi connectivity index (χ4v) is 10.4. The van der Waals surface area contributed by atoms with Crippen LogP contribution in [0.3, 0.4) is 0 Å². The number of carbonyl (C=O) groups is 6. The number of carbonyl (C=O) groups excluding carboxylic acids is 6. The van der Waals surface area contributed by atoms with Crippen LogP contribution in [-0.2, 0) is 27.1 Å². The maximum atomic E-state index is 14.3. The molecule has 0 saturated heterocycles. The van der Waals surface area contributed by atoms with Crippen molar-refractivity contribution in [3.8, 4) is 17.2 Å². The molecular weight excluding hydrogens is 1030 g/mol. The average molecular weight is 1110 g/mol. The van der Waals surface area contributed by atoms with Crippen LogP contribution in [0.2, 0.25) is 0 Å². The van der Waals surface area contributed by atoms with Crippen LogP contribution in [-0.4, -0.2) is 70.6 Å². The maximum Gasteiger partial charge on any atom is 0.537 e. The van der Waals surface area contributed by atoms with Crippen molar-refractivity contribution >= 4 is 53.0 Å². The van der Waals surface area contributed by atoms with Crippen molar-refractivity contribution in [1.82, 2.24) is 15.0 Å². The highest BCUT2D eigenvalue weighted by Gasteiger charge is 2.42. The Hall–Kier alpha value is -5.47. The molecule has 0 aromatic carbocycles. The summed E-state index contributed by atoms with van der Waals surface area (Å²) >= 11 is 0. The quantitative estimate of drug-likeness (QED) is 0.0381. The van der Waals surface area contributed by atoms with Gasteiger partial charge in [0.05, 0.1) is 19.8 Å². The van der Waals surface area contributed by atoms with Gasteiger partial charge in [0.15, 0.2) is 17.1 Å². The predicted molar refractivity (Wildman–Crippen MR) is 291 cm³/mol. The molecule has 3 aromatic rings. The number of rotatable bonds is 40. The van der Waals surface area contributed by atoms with E-state index in [0.717, 1.165) is 64.2 Å². The summed E-state index contributed by atoms with van der Waals surface area (Å²) in [6.07, 6.45) is 36.9. The second-order valence-electron chi connectivity index (χ2n) is 19.4. The van der Waals surface area contributed by atoms with Gasteiger partial charge in [-0.15, -0.1) is 0 Å². The fraction of sp³-hybridized carbons (Fsp3) is 0.632. The van der Waals surface area contributed by atoms with Crippen molar-refractivity contribution in [3.63, 3.8) is 0 Å². The van der Waals surface area contributed by atoms with Crippen LogP contribution in [0.5, 0.6) is 17.2 Å². The van der Waals surface area contributed by atoms with E-state index in [1.165, 1.54) is 146 Å². The van der Waals surface area contributed by atoms with Gasteiger partial charge in [-0.05, 0) is 37.5 Å². The summed E-state index contributed by atoms with van der Waals surface area (Å²) < 4.78 is 50.4. The van der Waals surface area contributed by atoms with Gasteiger partial charge in [-0.3, -0.25) is 0 Å². The van der Waals surface area contributed by atoms with E-state index in [4.69, 9.17) is 41.4 Å². The predicted octanol–water partition coefficient (Wildman–Crippen LogP) is 15.6. The lowest BCUT2D eigenvalue weighted by Crippen LogP contribution is -2.17. The summed E-state index contributed by atoms with van der Waals surface area (Å²) in [5, 5.41) is 0. The third-order valence-electron chi connectivity index (χ3n) is 13.1. The van der Waals surface area contributed by atoms with Crippen LogP contribution in [0, 0.1) is 0 Å². The molecule has 18 nitrogen and oxygen atoms in total. The molecule has 0 aliphatic carbocycles.